The van der Waals surface area contributed by atoms with Crippen molar-refractivity contribution >= 4 is 27.6 Å². The molecular formula is C24H18N3O+. The van der Waals surface area contributed by atoms with Crippen LogP contribution < -0.4 is 4.57 Å². The van der Waals surface area contributed by atoms with E-state index in [-0.39, 0.29) is 0 Å². The number of hydrogen-bond acceptors (Lipinski definition) is 1. The van der Waals surface area contributed by atoms with Crippen LogP contribution in [0.1, 0.15) is 5.56 Å². The summed E-state index contributed by atoms with van der Waals surface area (Å²) in [5.74, 6) is 1.05. The van der Waals surface area contributed by atoms with Gasteiger partial charge in [0.25, 0.3) is 5.82 Å². The van der Waals surface area contributed by atoms with Crippen LogP contribution in [0.15, 0.2) is 77.5 Å². The molecule has 0 fully saturated rings. The summed E-state index contributed by atoms with van der Waals surface area (Å²) in [6, 6.07) is 20.2. The van der Waals surface area contributed by atoms with E-state index in [2.05, 4.69) is 57.6 Å². The van der Waals surface area contributed by atoms with Crippen molar-refractivity contribution in [3.63, 3.8) is 0 Å². The maximum absolute atomic E-state index is 7.27. The van der Waals surface area contributed by atoms with Gasteiger partial charge in [0, 0.05) is 10.8 Å². The minimum absolute atomic E-state index is 0.586. The summed E-state index contributed by atoms with van der Waals surface area (Å²) in [7, 11) is 2.05. The molecule has 2 heterocycles. The Morgan fingerprint density at radius 1 is 1.00 bits per heavy atom. The van der Waals surface area contributed by atoms with Crippen LogP contribution in [-0.4, -0.2) is 4.57 Å². The lowest BCUT2D eigenvalue weighted by molar-refractivity contribution is -0.659. The van der Waals surface area contributed by atoms with Crippen LogP contribution in [-0.2, 0) is 7.05 Å². The van der Waals surface area contributed by atoms with Crippen molar-refractivity contribution in [2.75, 3.05) is 0 Å². The van der Waals surface area contributed by atoms with Crippen LogP contribution in [0, 0.1) is 13.5 Å². The molecule has 5 rings (SSSR count). The van der Waals surface area contributed by atoms with Gasteiger partial charge in [0.15, 0.2) is 11.3 Å². The molecule has 0 aliphatic rings. The number of nitrogens with zero attached hydrogens (tertiary/aromatic N) is 3. The Hall–Kier alpha value is -3.84. The van der Waals surface area contributed by atoms with Crippen LogP contribution >= 0.6 is 0 Å². The molecule has 3 aromatic carbocycles. The van der Waals surface area contributed by atoms with E-state index in [0.29, 0.717) is 5.69 Å². The van der Waals surface area contributed by atoms with Crippen molar-refractivity contribution in [3.8, 4) is 17.1 Å². The third-order valence-electron chi connectivity index (χ3n) is 5.22. The van der Waals surface area contributed by atoms with Gasteiger partial charge >= 0.3 is 0 Å². The molecular weight excluding hydrogens is 346 g/mol. The third-order valence-corrected chi connectivity index (χ3v) is 5.22. The van der Waals surface area contributed by atoms with E-state index in [0.717, 1.165) is 44.6 Å². The second-order valence-electron chi connectivity index (χ2n) is 6.97. The highest BCUT2D eigenvalue weighted by atomic mass is 16.3. The Morgan fingerprint density at radius 2 is 1.79 bits per heavy atom. The summed E-state index contributed by atoms with van der Waals surface area (Å²) in [5, 5.41) is 2.09. The summed E-state index contributed by atoms with van der Waals surface area (Å²) in [5.41, 5.74) is 5.49. The highest BCUT2D eigenvalue weighted by Crippen LogP contribution is 2.38. The molecule has 0 amide bonds. The predicted molar refractivity (Wildman–Crippen MR) is 111 cm³/mol. The molecule has 134 valence electrons. The van der Waals surface area contributed by atoms with Crippen molar-refractivity contribution in [1.82, 2.24) is 4.57 Å². The molecule has 0 N–H and O–H groups in total. The van der Waals surface area contributed by atoms with E-state index in [1.165, 1.54) is 0 Å². The van der Waals surface area contributed by atoms with Gasteiger partial charge in [0.2, 0.25) is 0 Å². The van der Waals surface area contributed by atoms with Crippen molar-refractivity contribution < 1.29 is 8.98 Å². The lowest BCUT2D eigenvalue weighted by Gasteiger charge is -2.07. The van der Waals surface area contributed by atoms with Gasteiger partial charge in [-0.25, -0.2) is 9.41 Å². The van der Waals surface area contributed by atoms with Crippen LogP contribution in [0.2, 0.25) is 0 Å². The van der Waals surface area contributed by atoms with Crippen molar-refractivity contribution in [2.45, 2.75) is 6.92 Å². The van der Waals surface area contributed by atoms with Crippen molar-refractivity contribution in [3.05, 3.63) is 90.0 Å². The van der Waals surface area contributed by atoms with E-state index in [1.807, 2.05) is 43.4 Å². The Morgan fingerprint density at radius 3 is 2.57 bits per heavy atom. The average molecular weight is 364 g/mol. The first-order valence-electron chi connectivity index (χ1n) is 9.13. The summed E-state index contributed by atoms with van der Waals surface area (Å²) in [4.78, 5) is 3.53. The summed E-state index contributed by atoms with van der Waals surface area (Å²) < 4.78 is 10.6. The Balaban J connectivity index is 1.87. The number of furan rings is 1. The molecule has 0 saturated carbocycles. The largest absolute Gasteiger partial charge is 0.456 e. The Labute approximate surface area is 162 Å². The number of hydrogen-bond donors (Lipinski definition) is 0. The molecule has 28 heavy (non-hydrogen) atoms. The minimum atomic E-state index is 0.586. The van der Waals surface area contributed by atoms with Gasteiger partial charge in [-0.1, -0.05) is 42.5 Å². The number of para-hydroxylation sites is 1. The molecule has 0 unspecified atom stereocenters. The maximum atomic E-state index is 7.27. The topological polar surface area (TPSA) is 26.3 Å². The maximum Gasteiger partial charge on any atom is 0.297 e. The fourth-order valence-corrected chi connectivity index (χ4v) is 3.85. The van der Waals surface area contributed by atoms with Gasteiger partial charge in [-0.15, -0.1) is 0 Å². The summed E-state index contributed by atoms with van der Waals surface area (Å²) in [6.45, 7) is 9.38. The van der Waals surface area contributed by atoms with Gasteiger partial charge in [0.05, 0.1) is 13.6 Å². The smallest absolute Gasteiger partial charge is 0.297 e. The van der Waals surface area contributed by atoms with Gasteiger partial charge in [0.1, 0.15) is 29.2 Å². The standard InChI is InChI=1S/C24H18N3O/c1-16-9-11-20-19-12-10-17(25-2)15-21(19)28-23(20)22(16)24-26(3)13-14-27(24)18-7-5-4-6-8-18/h4-15H,1,3H3/q+1. The number of aryl methyl sites for hydroxylation is 2. The molecule has 4 heteroatoms. The highest BCUT2D eigenvalue weighted by Gasteiger charge is 2.25. The summed E-state index contributed by atoms with van der Waals surface area (Å²) >= 11 is 0. The van der Waals surface area contributed by atoms with Gasteiger partial charge in [-0.05, 0) is 30.7 Å². The highest BCUT2D eigenvalue weighted by molar-refractivity contribution is 6.10. The van der Waals surface area contributed by atoms with E-state index in [1.54, 1.807) is 0 Å². The number of aromatic nitrogens is 2. The lowest BCUT2D eigenvalue weighted by Crippen LogP contribution is -2.29. The quantitative estimate of drug-likeness (QED) is 0.290. The lowest BCUT2D eigenvalue weighted by atomic mass is 10.0. The molecule has 0 spiro atoms. The van der Waals surface area contributed by atoms with E-state index >= 15 is 0 Å². The molecule has 0 saturated heterocycles. The van der Waals surface area contributed by atoms with Crippen molar-refractivity contribution in [2.24, 2.45) is 7.05 Å². The summed E-state index contributed by atoms with van der Waals surface area (Å²) in [6.07, 6.45) is 4.13. The SMILES string of the molecule is [C-]#[N+]c1ccc2c(c1)oc1c(-c3n(-c4ccccc4)cc[n+]3C)c(C)ccc12. The molecule has 0 atom stereocenters. The van der Waals surface area contributed by atoms with Gasteiger partial charge < -0.3 is 4.42 Å². The number of rotatable bonds is 2. The number of fused-ring (bicyclic) bond motifs is 3. The van der Waals surface area contributed by atoms with E-state index < -0.39 is 0 Å². The van der Waals surface area contributed by atoms with Crippen molar-refractivity contribution in [1.29, 1.82) is 0 Å². The van der Waals surface area contributed by atoms with Gasteiger partial charge in [-0.2, -0.15) is 4.57 Å². The second kappa shape index (κ2) is 6.11. The van der Waals surface area contributed by atoms with Crippen LogP contribution in [0.4, 0.5) is 5.69 Å². The molecule has 5 aromatic rings. The Kier molecular flexibility index (Phi) is 3.56. The van der Waals surface area contributed by atoms with Gasteiger partial charge in [-0.3, -0.25) is 0 Å². The van der Waals surface area contributed by atoms with Crippen LogP contribution in [0.25, 0.3) is 43.9 Å². The molecule has 0 bridgehead atoms. The zero-order valence-corrected chi connectivity index (χ0v) is 15.7. The third kappa shape index (κ3) is 2.34. The molecule has 0 aliphatic carbocycles. The molecule has 0 radical (unpaired) electrons. The average Bonchev–Trinajstić information content (AvgIpc) is 3.28. The zero-order valence-electron chi connectivity index (χ0n) is 15.7. The molecule has 0 aliphatic heterocycles. The van der Waals surface area contributed by atoms with E-state index in [4.69, 9.17) is 11.0 Å². The predicted octanol–water partition coefficient (Wildman–Crippen LogP) is 5.73. The minimum Gasteiger partial charge on any atom is -0.456 e. The first-order valence-corrected chi connectivity index (χ1v) is 9.13. The Bertz CT molecular complexity index is 1380. The fraction of sp³-hybridized carbons (Fsp3) is 0.0833. The zero-order chi connectivity index (χ0) is 19.3. The fourth-order valence-electron chi connectivity index (χ4n) is 3.85. The van der Waals surface area contributed by atoms with Crippen LogP contribution in [0.3, 0.4) is 0 Å². The normalized spacial score (nSPS) is 11.2. The number of benzene rings is 3. The number of imidazole rings is 1. The molecule has 2 aromatic heterocycles. The van der Waals surface area contributed by atoms with E-state index in [9.17, 15) is 0 Å². The second-order valence-corrected chi connectivity index (χ2v) is 6.97. The first kappa shape index (κ1) is 16.3. The van der Waals surface area contributed by atoms with Crippen LogP contribution in [0.5, 0.6) is 0 Å². The molecule has 4 nitrogen and oxygen atoms in total. The first-order chi connectivity index (χ1) is 13.7. The monoisotopic (exact) mass is 364 g/mol.